The molecule has 0 radical (unpaired) electrons. The minimum absolute atomic E-state index is 0.161. The molecule has 0 aliphatic carbocycles. The minimum Gasteiger partial charge on any atom is -0.496 e. The van der Waals surface area contributed by atoms with E-state index in [1.807, 2.05) is 20.8 Å². The molecule has 1 rings (SSSR count). The van der Waals surface area contributed by atoms with E-state index in [1.165, 1.54) is 0 Å². The third-order valence-corrected chi connectivity index (χ3v) is 4.35. The number of hydrogen-bond donors (Lipinski definition) is 1. The highest BCUT2D eigenvalue weighted by molar-refractivity contribution is 7.92. The smallest absolute Gasteiger partial charge is 0.232 e. The Hall–Kier alpha value is -1.23. The molecule has 0 bridgehead atoms. The summed E-state index contributed by atoms with van der Waals surface area (Å²) < 4.78 is 31.5. The Morgan fingerprint density at radius 3 is 2.44 bits per heavy atom. The van der Waals surface area contributed by atoms with Gasteiger partial charge in [0.15, 0.2) is 0 Å². The standard InChI is InChI=1S/C13H21NO3S/c1-5-6-9-18(15,16)14-12-7-8-13(17-4)11(3)10(12)2/h7-8,14H,5-6,9H2,1-4H3. The van der Waals surface area contributed by atoms with Gasteiger partial charge in [0.05, 0.1) is 18.6 Å². The molecule has 0 saturated heterocycles. The van der Waals surface area contributed by atoms with E-state index in [-0.39, 0.29) is 5.75 Å². The van der Waals surface area contributed by atoms with Crippen molar-refractivity contribution >= 4 is 15.7 Å². The summed E-state index contributed by atoms with van der Waals surface area (Å²) in [6.07, 6.45) is 1.53. The topological polar surface area (TPSA) is 55.4 Å². The lowest BCUT2D eigenvalue weighted by Gasteiger charge is -2.14. The molecule has 1 aromatic rings. The molecule has 4 nitrogen and oxygen atoms in total. The summed E-state index contributed by atoms with van der Waals surface area (Å²) in [6.45, 7) is 5.77. The molecule has 0 fully saturated rings. The van der Waals surface area contributed by atoms with E-state index in [0.29, 0.717) is 12.1 Å². The van der Waals surface area contributed by atoms with Crippen molar-refractivity contribution in [3.63, 3.8) is 0 Å². The first-order chi connectivity index (χ1) is 8.41. The second-order valence-electron chi connectivity index (χ2n) is 4.34. The van der Waals surface area contributed by atoms with Crippen LogP contribution in [0.25, 0.3) is 0 Å². The molecule has 5 heteroatoms. The maximum absolute atomic E-state index is 11.8. The monoisotopic (exact) mass is 271 g/mol. The second kappa shape index (κ2) is 6.09. The van der Waals surface area contributed by atoms with Crippen LogP contribution in [0, 0.1) is 13.8 Å². The first-order valence-corrected chi connectivity index (χ1v) is 7.71. The fourth-order valence-electron chi connectivity index (χ4n) is 1.68. The van der Waals surface area contributed by atoms with Crippen molar-refractivity contribution in [2.24, 2.45) is 0 Å². The molecule has 0 aliphatic rings. The van der Waals surface area contributed by atoms with E-state index in [2.05, 4.69) is 4.72 Å². The van der Waals surface area contributed by atoms with Gasteiger partial charge in [0.1, 0.15) is 5.75 Å². The summed E-state index contributed by atoms with van der Waals surface area (Å²) in [5.74, 6) is 0.928. The molecular weight excluding hydrogens is 250 g/mol. The second-order valence-corrected chi connectivity index (χ2v) is 6.18. The lowest BCUT2D eigenvalue weighted by molar-refractivity contribution is 0.411. The SMILES string of the molecule is CCCCS(=O)(=O)Nc1ccc(OC)c(C)c1C. The van der Waals surface area contributed by atoms with Crippen molar-refractivity contribution in [1.29, 1.82) is 0 Å². The molecule has 0 unspecified atom stereocenters. The molecule has 0 spiro atoms. The number of hydrogen-bond acceptors (Lipinski definition) is 3. The largest absolute Gasteiger partial charge is 0.496 e. The molecule has 1 N–H and O–H groups in total. The van der Waals surface area contributed by atoms with Gasteiger partial charge in [-0.1, -0.05) is 13.3 Å². The maximum Gasteiger partial charge on any atom is 0.232 e. The van der Waals surface area contributed by atoms with Crippen LogP contribution in [0.4, 0.5) is 5.69 Å². The van der Waals surface area contributed by atoms with Gasteiger partial charge in [-0.25, -0.2) is 8.42 Å². The van der Waals surface area contributed by atoms with Crippen LogP contribution in [0.15, 0.2) is 12.1 Å². The number of unbranched alkanes of at least 4 members (excludes halogenated alkanes) is 1. The molecule has 0 atom stereocenters. The fourth-order valence-corrected chi connectivity index (χ4v) is 3.01. The third kappa shape index (κ3) is 3.63. The molecule has 0 aliphatic heterocycles. The van der Waals surface area contributed by atoms with Gasteiger partial charge in [-0.2, -0.15) is 0 Å². The summed E-state index contributed by atoms with van der Waals surface area (Å²) in [5, 5.41) is 0. The van der Waals surface area contributed by atoms with Crippen LogP contribution in [-0.2, 0) is 10.0 Å². The first-order valence-electron chi connectivity index (χ1n) is 6.06. The van der Waals surface area contributed by atoms with Crippen LogP contribution >= 0.6 is 0 Å². The van der Waals surface area contributed by atoms with E-state index in [4.69, 9.17) is 4.74 Å². The Morgan fingerprint density at radius 2 is 1.89 bits per heavy atom. The van der Waals surface area contributed by atoms with Crippen LogP contribution in [-0.4, -0.2) is 21.3 Å². The van der Waals surface area contributed by atoms with Crippen LogP contribution in [0.1, 0.15) is 30.9 Å². The molecule has 0 heterocycles. The Bertz CT molecular complexity index is 509. The average molecular weight is 271 g/mol. The van der Waals surface area contributed by atoms with Crippen molar-refractivity contribution in [2.75, 3.05) is 17.6 Å². The number of benzene rings is 1. The Labute approximate surface area is 109 Å². The number of ether oxygens (including phenoxy) is 1. The lowest BCUT2D eigenvalue weighted by atomic mass is 10.1. The van der Waals surface area contributed by atoms with Gasteiger partial charge < -0.3 is 4.74 Å². The fraction of sp³-hybridized carbons (Fsp3) is 0.538. The molecule has 0 aromatic heterocycles. The summed E-state index contributed by atoms with van der Waals surface area (Å²) in [5.41, 5.74) is 2.48. The predicted octanol–water partition coefficient (Wildman–Crippen LogP) is 2.85. The number of methoxy groups -OCH3 is 1. The number of anilines is 1. The third-order valence-electron chi connectivity index (χ3n) is 2.99. The normalized spacial score (nSPS) is 11.3. The molecule has 1 aromatic carbocycles. The van der Waals surface area contributed by atoms with E-state index < -0.39 is 10.0 Å². The van der Waals surface area contributed by atoms with Crippen molar-refractivity contribution in [1.82, 2.24) is 0 Å². The summed E-state index contributed by atoms with van der Waals surface area (Å²) >= 11 is 0. The summed E-state index contributed by atoms with van der Waals surface area (Å²) in [4.78, 5) is 0. The molecule has 0 amide bonds. The van der Waals surface area contributed by atoms with Crippen molar-refractivity contribution in [2.45, 2.75) is 33.6 Å². The van der Waals surface area contributed by atoms with Crippen LogP contribution in [0.2, 0.25) is 0 Å². The summed E-state index contributed by atoms with van der Waals surface area (Å²) in [6, 6.07) is 3.52. The molecular formula is C13H21NO3S. The van der Waals surface area contributed by atoms with E-state index in [9.17, 15) is 8.42 Å². The Balaban J connectivity index is 2.96. The predicted molar refractivity (Wildman–Crippen MR) is 74.8 cm³/mol. The quantitative estimate of drug-likeness (QED) is 0.865. The lowest BCUT2D eigenvalue weighted by Crippen LogP contribution is -2.17. The zero-order valence-corrected chi connectivity index (χ0v) is 12.2. The zero-order valence-electron chi connectivity index (χ0n) is 11.4. The molecule has 0 saturated carbocycles. The van der Waals surface area contributed by atoms with E-state index in [0.717, 1.165) is 23.3 Å². The van der Waals surface area contributed by atoms with E-state index in [1.54, 1.807) is 19.2 Å². The molecule has 18 heavy (non-hydrogen) atoms. The van der Waals surface area contributed by atoms with Crippen LogP contribution in [0.5, 0.6) is 5.75 Å². The van der Waals surface area contributed by atoms with Crippen LogP contribution in [0.3, 0.4) is 0 Å². The number of rotatable bonds is 6. The maximum atomic E-state index is 11.8. The first kappa shape index (κ1) is 14.8. The van der Waals surface area contributed by atoms with Gasteiger partial charge in [-0.15, -0.1) is 0 Å². The van der Waals surface area contributed by atoms with Crippen molar-refractivity contribution < 1.29 is 13.2 Å². The average Bonchev–Trinajstić information content (AvgIpc) is 2.33. The van der Waals surface area contributed by atoms with E-state index >= 15 is 0 Å². The Morgan fingerprint density at radius 1 is 1.22 bits per heavy atom. The number of nitrogens with one attached hydrogen (secondary N) is 1. The summed E-state index contributed by atoms with van der Waals surface area (Å²) in [7, 11) is -1.64. The molecule has 102 valence electrons. The minimum atomic E-state index is -3.25. The highest BCUT2D eigenvalue weighted by Gasteiger charge is 2.13. The van der Waals surface area contributed by atoms with Gasteiger partial charge in [0, 0.05) is 0 Å². The van der Waals surface area contributed by atoms with Gasteiger partial charge in [0.25, 0.3) is 0 Å². The zero-order chi connectivity index (χ0) is 13.8. The van der Waals surface area contributed by atoms with Gasteiger partial charge >= 0.3 is 0 Å². The number of sulfonamides is 1. The highest BCUT2D eigenvalue weighted by atomic mass is 32.2. The van der Waals surface area contributed by atoms with Gasteiger partial charge in [0.2, 0.25) is 10.0 Å². The Kier molecular flexibility index (Phi) is 5.02. The highest BCUT2D eigenvalue weighted by Crippen LogP contribution is 2.27. The van der Waals surface area contributed by atoms with Gasteiger partial charge in [-0.05, 0) is 43.5 Å². The van der Waals surface area contributed by atoms with Gasteiger partial charge in [-0.3, -0.25) is 4.72 Å². The van der Waals surface area contributed by atoms with Crippen LogP contribution < -0.4 is 9.46 Å². The van der Waals surface area contributed by atoms with Crippen molar-refractivity contribution in [3.05, 3.63) is 23.3 Å². The van der Waals surface area contributed by atoms with Crippen molar-refractivity contribution in [3.8, 4) is 5.75 Å².